The van der Waals surface area contributed by atoms with Gasteiger partial charge in [-0.15, -0.1) is 0 Å². The second-order valence-corrected chi connectivity index (χ2v) is 7.05. The Balaban J connectivity index is 1.99. The second kappa shape index (κ2) is 5.19. The topological polar surface area (TPSA) is 12.0 Å². The van der Waals surface area contributed by atoms with E-state index in [1.54, 1.807) is 6.07 Å². The number of hydrogen-bond donors (Lipinski definition) is 1. The van der Waals surface area contributed by atoms with Gasteiger partial charge in [0.25, 0.3) is 0 Å². The summed E-state index contributed by atoms with van der Waals surface area (Å²) in [6.07, 6.45) is 0.968. The van der Waals surface area contributed by atoms with E-state index in [0.717, 1.165) is 17.1 Å². The number of rotatable bonds is 2. The summed E-state index contributed by atoms with van der Waals surface area (Å²) < 4.78 is 13.2. The van der Waals surface area contributed by atoms with Gasteiger partial charge in [-0.25, -0.2) is 4.39 Å². The van der Waals surface area contributed by atoms with Crippen LogP contribution in [0.4, 0.5) is 10.1 Å². The maximum absolute atomic E-state index is 13.2. The van der Waals surface area contributed by atoms with Crippen LogP contribution in [-0.4, -0.2) is 0 Å². The molecule has 2 aromatic carbocycles. The Hall–Kier alpha value is -1.25. The van der Waals surface area contributed by atoms with E-state index >= 15 is 0 Å². The molecule has 0 amide bonds. The molecular formula is C17H16Cl2FN. The highest BCUT2D eigenvalue weighted by Crippen LogP contribution is 2.48. The first-order valence-corrected chi connectivity index (χ1v) is 7.62. The second-order valence-electron chi connectivity index (χ2n) is 6.21. The van der Waals surface area contributed by atoms with Crippen LogP contribution in [0.1, 0.15) is 31.0 Å². The van der Waals surface area contributed by atoms with Crippen molar-refractivity contribution >= 4 is 28.9 Å². The predicted molar refractivity (Wildman–Crippen MR) is 86.7 cm³/mol. The Labute approximate surface area is 134 Å². The first-order chi connectivity index (χ1) is 9.87. The van der Waals surface area contributed by atoms with E-state index in [0.29, 0.717) is 5.02 Å². The minimum Gasteiger partial charge on any atom is -0.376 e. The largest absolute Gasteiger partial charge is 0.376 e. The SMILES string of the molecule is CC1(C)Cc2ccc(Cl)cc2C1Nc1ccc(F)cc1Cl. The first kappa shape index (κ1) is 14.7. The lowest BCUT2D eigenvalue weighted by molar-refractivity contribution is 0.337. The van der Waals surface area contributed by atoms with Crippen LogP contribution >= 0.6 is 23.2 Å². The maximum atomic E-state index is 13.2. The molecule has 1 nitrogen and oxygen atoms in total. The zero-order valence-corrected chi connectivity index (χ0v) is 13.4. The molecule has 110 valence electrons. The van der Waals surface area contributed by atoms with Crippen molar-refractivity contribution < 1.29 is 4.39 Å². The van der Waals surface area contributed by atoms with Crippen LogP contribution in [0.3, 0.4) is 0 Å². The highest BCUT2D eigenvalue weighted by Gasteiger charge is 2.39. The lowest BCUT2D eigenvalue weighted by Crippen LogP contribution is -2.24. The van der Waals surface area contributed by atoms with E-state index in [-0.39, 0.29) is 17.3 Å². The van der Waals surface area contributed by atoms with Crippen molar-refractivity contribution in [1.82, 2.24) is 0 Å². The normalized spacial score (nSPS) is 19.4. The third-order valence-corrected chi connectivity index (χ3v) is 4.63. The van der Waals surface area contributed by atoms with Crippen LogP contribution in [0, 0.1) is 11.2 Å². The van der Waals surface area contributed by atoms with E-state index in [4.69, 9.17) is 23.2 Å². The summed E-state index contributed by atoms with van der Waals surface area (Å²) in [5.74, 6) is -0.334. The smallest absolute Gasteiger partial charge is 0.124 e. The summed E-state index contributed by atoms with van der Waals surface area (Å²) in [4.78, 5) is 0. The molecule has 1 aliphatic rings. The van der Waals surface area contributed by atoms with E-state index in [1.807, 2.05) is 12.1 Å². The third-order valence-electron chi connectivity index (χ3n) is 4.08. The Bertz CT molecular complexity index is 697. The van der Waals surface area contributed by atoms with E-state index in [2.05, 4.69) is 25.2 Å². The molecule has 4 heteroatoms. The van der Waals surface area contributed by atoms with Crippen molar-refractivity contribution in [2.75, 3.05) is 5.32 Å². The van der Waals surface area contributed by atoms with Gasteiger partial charge in [0, 0.05) is 5.02 Å². The average molecular weight is 324 g/mol. The minimum atomic E-state index is -0.334. The lowest BCUT2D eigenvalue weighted by Gasteiger charge is -2.30. The maximum Gasteiger partial charge on any atom is 0.124 e. The van der Waals surface area contributed by atoms with Gasteiger partial charge >= 0.3 is 0 Å². The van der Waals surface area contributed by atoms with E-state index in [1.165, 1.54) is 23.3 Å². The van der Waals surface area contributed by atoms with Gasteiger partial charge in [0.15, 0.2) is 0 Å². The fraction of sp³-hybridized carbons (Fsp3) is 0.294. The van der Waals surface area contributed by atoms with Crippen LogP contribution in [0.15, 0.2) is 36.4 Å². The highest BCUT2D eigenvalue weighted by molar-refractivity contribution is 6.33. The average Bonchev–Trinajstić information content (AvgIpc) is 2.63. The molecule has 1 unspecified atom stereocenters. The third kappa shape index (κ3) is 2.75. The van der Waals surface area contributed by atoms with E-state index in [9.17, 15) is 4.39 Å². The van der Waals surface area contributed by atoms with Crippen molar-refractivity contribution in [1.29, 1.82) is 0 Å². The first-order valence-electron chi connectivity index (χ1n) is 6.87. The molecule has 0 spiro atoms. The van der Waals surface area contributed by atoms with Crippen molar-refractivity contribution in [3.63, 3.8) is 0 Å². The number of nitrogens with one attached hydrogen (secondary N) is 1. The molecule has 2 aromatic rings. The molecule has 0 aliphatic heterocycles. The minimum absolute atomic E-state index is 0.0325. The fourth-order valence-corrected chi connectivity index (χ4v) is 3.45. The number of hydrogen-bond acceptors (Lipinski definition) is 1. The predicted octanol–water partition coefficient (Wildman–Crippen LogP) is 5.87. The van der Waals surface area contributed by atoms with E-state index < -0.39 is 0 Å². The standard InChI is InChI=1S/C17H16Cl2FN/c1-17(2)9-10-3-4-11(18)7-13(10)16(17)21-15-6-5-12(20)8-14(15)19/h3-8,16,21H,9H2,1-2H3. The number of halogens is 3. The van der Waals surface area contributed by atoms with Crippen molar-refractivity contribution in [2.24, 2.45) is 5.41 Å². The van der Waals surface area contributed by atoms with Crippen LogP contribution in [-0.2, 0) is 6.42 Å². The van der Waals surface area contributed by atoms with Crippen molar-refractivity contribution in [3.05, 3.63) is 63.4 Å². The quantitative estimate of drug-likeness (QED) is 0.728. The molecule has 0 saturated carbocycles. The molecule has 0 bridgehead atoms. The van der Waals surface area contributed by atoms with Gasteiger partial charge in [-0.2, -0.15) is 0 Å². The fourth-order valence-electron chi connectivity index (χ4n) is 3.04. The number of benzene rings is 2. The van der Waals surface area contributed by atoms with Gasteiger partial charge in [-0.05, 0) is 53.3 Å². The molecular weight excluding hydrogens is 308 g/mol. The summed E-state index contributed by atoms with van der Waals surface area (Å²) in [6, 6.07) is 10.5. The van der Waals surface area contributed by atoms with Gasteiger partial charge in [0.05, 0.1) is 16.8 Å². The van der Waals surface area contributed by atoms with Crippen LogP contribution in [0.25, 0.3) is 0 Å². The molecule has 0 saturated heterocycles. The molecule has 3 rings (SSSR count). The van der Waals surface area contributed by atoms with Crippen molar-refractivity contribution in [3.8, 4) is 0 Å². The summed E-state index contributed by atoms with van der Waals surface area (Å²) in [7, 11) is 0. The van der Waals surface area contributed by atoms with Crippen LogP contribution in [0.5, 0.6) is 0 Å². The molecule has 0 radical (unpaired) electrons. The van der Waals surface area contributed by atoms with Crippen LogP contribution < -0.4 is 5.32 Å². The molecule has 21 heavy (non-hydrogen) atoms. The Morgan fingerprint density at radius 2 is 1.90 bits per heavy atom. The van der Waals surface area contributed by atoms with Gasteiger partial charge < -0.3 is 5.32 Å². The van der Waals surface area contributed by atoms with Gasteiger partial charge in [0.1, 0.15) is 5.82 Å². The Morgan fingerprint density at radius 1 is 1.14 bits per heavy atom. The van der Waals surface area contributed by atoms with Crippen molar-refractivity contribution in [2.45, 2.75) is 26.3 Å². The van der Waals surface area contributed by atoms with Crippen LogP contribution in [0.2, 0.25) is 10.0 Å². The molecule has 1 aliphatic carbocycles. The summed E-state index contributed by atoms with van der Waals surface area (Å²) in [6.45, 7) is 4.41. The highest BCUT2D eigenvalue weighted by atomic mass is 35.5. The zero-order valence-electron chi connectivity index (χ0n) is 11.9. The monoisotopic (exact) mass is 323 g/mol. The summed E-state index contributed by atoms with van der Waals surface area (Å²) in [5, 5.41) is 4.57. The molecule has 0 heterocycles. The Kier molecular flexibility index (Phi) is 3.62. The molecule has 1 N–H and O–H groups in total. The summed E-state index contributed by atoms with van der Waals surface area (Å²) in [5.41, 5.74) is 3.25. The Morgan fingerprint density at radius 3 is 2.62 bits per heavy atom. The molecule has 1 atom stereocenters. The number of fused-ring (bicyclic) bond motifs is 1. The lowest BCUT2D eigenvalue weighted by atomic mass is 9.85. The van der Waals surface area contributed by atoms with Gasteiger partial charge in [-0.1, -0.05) is 43.1 Å². The molecule has 0 aromatic heterocycles. The number of anilines is 1. The molecule has 0 fully saturated rings. The summed E-state index contributed by atoms with van der Waals surface area (Å²) >= 11 is 12.3. The zero-order chi connectivity index (χ0) is 15.2. The van der Waals surface area contributed by atoms with Gasteiger partial charge in [0.2, 0.25) is 0 Å². The van der Waals surface area contributed by atoms with Gasteiger partial charge in [-0.3, -0.25) is 0 Å².